The van der Waals surface area contributed by atoms with Crippen molar-refractivity contribution < 1.29 is 9.05 Å². The van der Waals surface area contributed by atoms with Crippen LogP contribution in [0.3, 0.4) is 0 Å². The van der Waals surface area contributed by atoms with Crippen LogP contribution in [-0.2, 0) is 16.3 Å². The molecule has 0 saturated heterocycles. The zero-order valence-electron chi connectivity index (χ0n) is 8.01. The second kappa shape index (κ2) is 5.48. The first-order valence-corrected chi connectivity index (χ1v) is 7.75. The fraction of sp³-hybridized carbons (Fsp3) is 0.222. The average Bonchev–Trinajstić information content (AvgIpc) is 2.18. The Labute approximate surface area is 98.5 Å². The van der Waals surface area contributed by atoms with Crippen LogP contribution in [0.25, 0.3) is 0 Å². The number of benzene rings is 1. The number of hydrogen-bond donors (Lipinski definition) is 0. The van der Waals surface area contributed by atoms with Gasteiger partial charge in [0.05, 0.1) is 18.2 Å². The van der Waals surface area contributed by atoms with Crippen molar-refractivity contribution in [3.8, 4) is 11.8 Å². The molecule has 1 rings (SSSR count). The molecule has 0 bridgehead atoms. The van der Waals surface area contributed by atoms with Crippen molar-refractivity contribution in [3.63, 3.8) is 0 Å². The van der Waals surface area contributed by atoms with Gasteiger partial charge in [-0.3, -0.25) is 0 Å². The fourth-order valence-corrected chi connectivity index (χ4v) is 2.74. The van der Waals surface area contributed by atoms with Gasteiger partial charge in [-0.25, -0.2) is 0 Å². The third kappa shape index (κ3) is 4.19. The molecule has 0 radical (unpaired) electrons. The first-order valence-electron chi connectivity index (χ1n) is 4.21. The van der Waals surface area contributed by atoms with Crippen molar-refractivity contribution in [2.24, 2.45) is 0 Å². The van der Waals surface area contributed by atoms with Crippen molar-refractivity contribution >= 4 is 28.9 Å². The van der Waals surface area contributed by atoms with Gasteiger partial charge in [0.25, 0.3) is 0 Å². The number of nitriles is 1. The largest absolute Gasteiger partial charge is 0.433 e. The molecular formula is C9H9ClNO2PS. The molecule has 3 nitrogen and oxygen atoms in total. The maximum atomic E-state index is 8.59. The first-order chi connectivity index (χ1) is 7.07. The van der Waals surface area contributed by atoms with Gasteiger partial charge in [0.2, 0.25) is 0 Å². The van der Waals surface area contributed by atoms with Crippen molar-refractivity contribution in [1.82, 2.24) is 0 Å². The maximum absolute atomic E-state index is 8.59. The fourth-order valence-electron chi connectivity index (χ4n) is 0.897. The number of hydrogen-bond acceptors (Lipinski definition) is 4. The highest BCUT2D eigenvalue weighted by Crippen LogP contribution is 2.53. The molecule has 1 atom stereocenters. The van der Waals surface area contributed by atoms with Crippen LogP contribution in [0, 0.1) is 11.3 Å². The molecule has 0 heterocycles. The van der Waals surface area contributed by atoms with Crippen LogP contribution in [0.15, 0.2) is 24.3 Å². The number of halogens is 1. The summed E-state index contributed by atoms with van der Waals surface area (Å²) in [7, 11) is 0. The number of nitrogens with zero attached hydrogens (tertiary/aromatic N) is 1. The molecule has 1 aromatic rings. The van der Waals surface area contributed by atoms with E-state index in [1.165, 1.54) is 0 Å². The lowest BCUT2D eigenvalue weighted by Gasteiger charge is -2.14. The van der Waals surface area contributed by atoms with Gasteiger partial charge in [-0.1, -0.05) is 0 Å². The molecule has 1 unspecified atom stereocenters. The molecule has 0 aliphatic heterocycles. The van der Waals surface area contributed by atoms with Gasteiger partial charge in [-0.2, -0.15) is 5.26 Å². The van der Waals surface area contributed by atoms with E-state index in [9.17, 15) is 0 Å². The minimum Gasteiger partial charge on any atom is -0.433 e. The zero-order valence-corrected chi connectivity index (χ0v) is 10.5. The Morgan fingerprint density at radius 2 is 2.07 bits per heavy atom. The SMILES string of the molecule is CCOP(=S)(Cl)Oc1ccc(C#N)cc1. The molecule has 80 valence electrons. The summed E-state index contributed by atoms with van der Waals surface area (Å²) in [6, 6.07) is 8.55. The Bertz CT molecular complexity index is 415. The third-order valence-electron chi connectivity index (χ3n) is 1.48. The molecule has 0 fully saturated rings. The van der Waals surface area contributed by atoms with Crippen molar-refractivity contribution in [2.45, 2.75) is 6.92 Å². The predicted octanol–water partition coefficient (Wildman–Crippen LogP) is 3.44. The van der Waals surface area contributed by atoms with E-state index in [4.69, 9.17) is 37.4 Å². The molecule has 0 spiro atoms. The summed E-state index contributed by atoms with van der Waals surface area (Å²) in [5, 5.41) is 8.59. The van der Waals surface area contributed by atoms with Crippen molar-refractivity contribution in [2.75, 3.05) is 6.61 Å². The monoisotopic (exact) mass is 261 g/mol. The molecule has 0 aliphatic carbocycles. The van der Waals surface area contributed by atoms with Gasteiger partial charge in [-0.15, -0.1) is 0 Å². The average molecular weight is 262 g/mol. The lowest BCUT2D eigenvalue weighted by molar-refractivity contribution is 0.343. The molecule has 6 heteroatoms. The van der Waals surface area contributed by atoms with Crippen LogP contribution in [0.5, 0.6) is 5.75 Å². The molecule has 0 aliphatic rings. The van der Waals surface area contributed by atoms with Gasteiger partial charge >= 0.3 is 5.84 Å². The van der Waals surface area contributed by atoms with E-state index in [1.807, 2.05) is 6.07 Å². The molecular weight excluding hydrogens is 253 g/mol. The molecule has 1 aromatic carbocycles. The van der Waals surface area contributed by atoms with Crippen LogP contribution < -0.4 is 4.52 Å². The Morgan fingerprint density at radius 1 is 1.47 bits per heavy atom. The van der Waals surface area contributed by atoms with E-state index in [-0.39, 0.29) is 0 Å². The minimum absolute atomic E-state index is 0.414. The van der Waals surface area contributed by atoms with Crippen molar-refractivity contribution in [3.05, 3.63) is 29.8 Å². The lowest BCUT2D eigenvalue weighted by atomic mass is 10.2. The van der Waals surface area contributed by atoms with Crippen LogP contribution in [0.1, 0.15) is 12.5 Å². The van der Waals surface area contributed by atoms with E-state index in [2.05, 4.69) is 0 Å². The van der Waals surface area contributed by atoms with E-state index in [0.29, 0.717) is 17.9 Å². The van der Waals surface area contributed by atoms with Gasteiger partial charge < -0.3 is 9.05 Å². The second-order valence-electron chi connectivity index (χ2n) is 2.58. The summed E-state index contributed by atoms with van der Waals surface area (Å²) < 4.78 is 10.4. The molecule has 15 heavy (non-hydrogen) atoms. The summed E-state index contributed by atoms with van der Waals surface area (Å²) in [4.78, 5) is 0. The molecule has 0 aromatic heterocycles. The van der Waals surface area contributed by atoms with Crippen molar-refractivity contribution in [1.29, 1.82) is 5.26 Å². The summed E-state index contributed by atoms with van der Waals surface area (Å²) >= 11 is 10.8. The van der Waals surface area contributed by atoms with E-state index in [1.54, 1.807) is 31.2 Å². The van der Waals surface area contributed by atoms with E-state index >= 15 is 0 Å². The van der Waals surface area contributed by atoms with Gasteiger partial charge in [0.1, 0.15) is 5.75 Å². The summed E-state index contributed by atoms with van der Waals surface area (Å²) in [5.74, 6) is -2.20. The lowest BCUT2D eigenvalue weighted by Crippen LogP contribution is -1.91. The highest BCUT2D eigenvalue weighted by Gasteiger charge is 2.15. The molecule has 0 saturated carbocycles. The Hall–Kier alpha value is -0.590. The summed E-state index contributed by atoms with van der Waals surface area (Å²) in [6.45, 7) is 2.21. The molecule has 0 N–H and O–H groups in total. The van der Waals surface area contributed by atoms with Crippen LogP contribution in [0.2, 0.25) is 0 Å². The Morgan fingerprint density at radius 3 is 2.53 bits per heavy atom. The smallest absolute Gasteiger partial charge is 0.332 e. The van der Waals surface area contributed by atoms with Gasteiger partial charge in [0.15, 0.2) is 0 Å². The highest BCUT2D eigenvalue weighted by molar-refractivity contribution is 8.22. The van der Waals surface area contributed by atoms with Gasteiger partial charge in [0, 0.05) is 0 Å². The summed E-state index contributed by atoms with van der Waals surface area (Å²) in [6.07, 6.45) is 0. The first kappa shape index (κ1) is 12.5. The Balaban J connectivity index is 2.74. The van der Waals surface area contributed by atoms with E-state index < -0.39 is 5.84 Å². The highest BCUT2D eigenvalue weighted by atomic mass is 35.7. The quantitative estimate of drug-likeness (QED) is 0.779. The Kier molecular flexibility index (Phi) is 4.56. The van der Waals surface area contributed by atoms with E-state index in [0.717, 1.165) is 0 Å². The predicted molar refractivity (Wildman–Crippen MR) is 63.5 cm³/mol. The normalized spacial score (nSPS) is 13.9. The topological polar surface area (TPSA) is 42.2 Å². The van der Waals surface area contributed by atoms with Crippen LogP contribution >= 0.6 is 17.1 Å². The second-order valence-corrected chi connectivity index (χ2v) is 7.26. The van der Waals surface area contributed by atoms with Crippen LogP contribution in [0.4, 0.5) is 0 Å². The molecule has 0 amide bonds. The third-order valence-corrected chi connectivity index (χ3v) is 3.52. The summed E-state index contributed by atoms with van der Waals surface area (Å²) in [5.41, 5.74) is 0.557. The minimum atomic E-state index is -2.72. The van der Waals surface area contributed by atoms with Crippen LogP contribution in [-0.4, -0.2) is 6.61 Å². The zero-order chi connectivity index (χ0) is 11.3. The number of rotatable bonds is 4. The maximum Gasteiger partial charge on any atom is 0.332 e. The standard InChI is InChI=1S/C9H9ClNO2PS/c1-2-12-14(10,15)13-9-5-3-8(7-11)4-6-9/h3-6H,2H2,1H3. The van der Waals surface area contributed by atoms with Gasteiger partial charge in [-0.05, 0) is 54.2 Å².